The Labute approximate surface area is 142 Å². The molecule has 0 heterocycles. The van der Waals surface area contributed by atoms with Crippen molar-refractivity contribution in [2.24, 2.45) is 0 Å². The molecule has 0 aliphatic heterocycles. The maximum atomic E-state index is 13.3. The number of anilines is 1. The zero-order valence-corrected chi connectivity index (χ0v) is 13.4. The Bertz CT molecular complexity index is 735. The molecule has 0 spiro atoms. The van der Waals surface area contributed by atoms with Crippen LogP contribution in [-0.4, -0.2) is 5.91 Å². The number of para-hydroxylation sites is 1. The van der Waals surface area contributed by atoms with Gasteiger partial charge >= 0.3 is 0 Å². The molecule has 2 aromatic rings. The number of benzene rings is 2. The van der Waals surface area contributed by atoms with Crippen molar-refractivity contribution in [3.8, 4) is 5.75 Å². The summed E-state index contributed by atoms with van der Waals surface area (Å²) in [6.45, 7) is 1.25. The quantitative estimate of drug-likeness (QED) is 0.667. The van der Waals surface area contributed by atoms with E-state index in [1.54, 1.807) is 6.92 Å². The van der Waals surface area contributed by atoms with Gasteiger partial charge in [0.1, 0.15) is 12.4 Å². The molecule has 1 amide bonds. The van der Waals surface area contributed by atoms with Crippen LogP contribution in [0, 0.1) is 0 Å². The third-order valence-corrected chi connectivity index (χ3v) is 3.57. The van der Waals surface area contributed by atoms with E-state index in [0.29, 0.717) is 0 Å². The lowest BCUT2D eigenvalue weighted by atomic mass is 10.1. The normalized spacial score (nSPS) is 11.0. The maximum absolute atomic E-state index is 13.3. The number of nitrogens with one attached hydrogen (secondary N) is 1. The fraction of sp³-hybridized carbons (Fsp3) is 0.278. The van der Waals surface area contributed by atoms with Gasteiger partial charge in [-0.15, -0.1) is 0 Å². The first-order valence-corrected chi connectivity index (χ1v) is 7.63. The third-order valence-electron chi connectivity index (χ3n) is 3.57. The second kappa shape index (κ2) is 8.50. The molecular weight excluding hydrogens is 338 g/mol. The van der Waals surface area contributed by atoms with Crippen LogP contribution in [0.15, 0.2) is 42.5 Å². The van der Waals surface area contributed by atoms with Crippen LogP contribution >= 0.6 is 0 Å². The maximum Gasteiger partial charge on any atom is 0.267 e. The fourth-order valence-corrected chi connectivity index (χ4v) is 2.27. The second-order valence-corrected chi connectivity index (χ2v) is 5.20. The standard InChI is InChI=1S/C18H17F4NO2/c1-2-16(24)23-14-8-5-7-11(17(19)20)13(14)10-25-15-9-4-3-6-12(15)18(21)22/h3-9,17-18H,2,10H2,1H3,(H,23,24). The van der Waals surface area contributed by atoms with Gasteiger partial charge in [0.15, 0.2) is 0 Å². The first-order chi connectivity index (χ1) is 11.9. The highest BCUT2D eigenvalue weighted by Crippen LogP contribution is 2.32. The summed E-state index contributed by atoms with van der Waals surface area (Å²) in [5, 5.41) is 2.53. The minimum Gasteiger partial charge on any atom is -0.488 e. The number of hydrogen-bond acceptors (Lipinski definition) is 2. The van der Waals surface area contributed by atoms with E-state index in [4.69, 9.17) is 4.74 Å². The Kier molecular flexibility index (Phi) is 6.38. The van der Waals surface area contributed by atoms with E-state index in [1.165, 1.54) is 42.5 Å². The van der Waals surface area contributed by atoms with E-state index in [-0.39, 0.29) is 47.1 Å². The van der Waals surface area contributed by atoms with Gasteiger partial charge in [0, 0.05) is 23.2 Å². The van der Waals surface area contributed by atoms with E-state index in [2.05, 4.69) is 5.32 Å². The van der Waals surface area contributed by atoms with Crippen LogP contribution in [0.3, 0.4) is 0 Å². The van der Waals surface area contributed by atoms with Crippen molar-refractivity contribution in [3.63, 3.8) is 0 Å². The molecule has 2 rings (SSSR count). The van der Waals surface area contributed by atoms with Crippen molar-refractivity contribution in [1.29, 1.82) is 0 Å². The summed E-state index contributed by atoms with van der Waals surface area (Å²) in [6.07, 6.45) is -5.36. The number of alkyl halides is 4. The van der Waals surface area contributed by atoms with Crippen molar-refractivity contribution in [2.75, 3.05) is 5.32 Å². The van der Waals surface area contributed by atoms with Crippen molar-refractivity contribution >= 4 is 11.6 Å². The van der Waals surface area contributed by atoms with Gasteiger partial charge < -0.3 is 10.1 Å². The molecule has 0 aliphatic carbocycles. The molecule has 0 fully saturated rings. The molecule has 7 heteroatoms. The van der Waals surface area contributed by atoms with Gasteiger partial charge in [-0.25, -0.2) is 17.6 Å². The summed E-state index contributed by atoms with van der Waals surface area (Å²) in [6, 6.07) is 9.58. The van der Waals surface area contributed by atoms with Gasteiger partial charge in [-0.3, -0.25) is 4.79 Å². The van der Waals surface area contributed by atoms with Gasteiger partial charge in [-0.05, 0) is 18.2 Å². The predicted molar refractivity (Wildman–Crippen MR) is 86.1 cm³/mol. The van der Waals surface area contributed by atoms with Crippen LogP contribution in [0.5, 0.6) is 5.75 Å². The number of hydrogen-bond donors (Lipinski definition) is 1. The summed E-state index contributed by atoms with van der Waals surface area (Å²) in [7, 11) is 0. The Hall–Kier alpha value is -2.57. The summed E-state index contributed by atoms with van der Waals surface area (Å²) in [5.74, 6) is -0.435. The molecule has 0 bridgehead atoms. The molecule has 134 valence electrons. The average molecular weight is 355 g/mol. The van der Waals surface area contributed by atoms with Gasteiger partial charge in [0.05, 0.1) is 5.56 Å². The Morgan fingerprint density at radius 1 is 1.00 bits per heavy atom. The number of amides is 1. The number of ether oxygens (including phenoxy) is 1. The molecule has 0 saturated heterocycles. The van der Waals surface area contributed by atoms with Gasteiger partial charge in [0.25, 0.3) is 12.9 Å². The van der Waals surface area contributed by atoms with Crippen LogP contribution in [-0.2, 0) is 11.4 Å². The van der Waals surface area contributed by atoms with Gasteiger partial charge in [-0.2, -0.15) is 0 Å². The molecule has 0 aromatic heterocycles. The smallest absolute Gasteiger partial charge is 0.267 e. The highest BCUT2D eigenvalue weighted by atomic mass is 19.3. The lowest BCUT2D eigenvalue weighted by Crippen LogP contribution is -2.14. The first kappa shape index (κ1) is 18.8. The highest BCUT2D eigenvalue weighted by Gasteiger charge is 2.19. The van der Waals surface area contributed by atoms with Crippen molar-refractivity contribution in [3.05, 3.63) is 59.2 Å². The highest BCUT2D eigenvalue weighted by molar-refractivity contribution is 5.91. The molecule has 0 saturated carbocycles. The average Bonchev–Trinajstić information content (AvgIpc) is 2.60. The molecular formula is C18H17F4NO2. The third kappa shape index (κ3) is 4.71. The summed E-state index contributed by atoms with van der Waals surface area (Å²) in [4.78, 5) is 11.6. The summed E-state index contributed by atoms with van der Waals surface area (Å²) < 4.78 is 57.9. The van der Waals surface area contributed by atoms with Crippen LogP contribution in [0.25, 0.3) is 0 Å². The molecule has 0 aliphatic rings. The topological polar surface area (TPSA) is 38.3 Å². The minimum atomic E-state index is -2.79. The predicted octanol–water partition coefficient (Wildman–Crippen LogP) is 5.49. The molecule has 25 heavy (non-hydrogen) atoms. The fourth-order valence-electron chi connectivity index (χ4n) is 2.27. The summed E-state index contributed by atoms with van der Waals surface area (Å²) >= 11 is 0. The van der Waals surface area contributed by atoms with Crippen LogP contribution in [0.2, 0.25) is 0 Å². The van der Waals surface area contributed by atoms with Gasteiger partial charge in [-0.1, -0.05) is 31.2 Å². The Morgan fingerprint density at radius 2 is 1.64 bits per heavy atom. The van der Waals surface area contributed by atoms with Crippen LogP contribution in [0.4, 0.5) is 23.2 Å². The number of carbonyl (C=O) groups excluding carboxylic acids is 1. The molecule has 0 unspecified atom stereocenters. The number of halogens is 4. The lowest BCUT2D eigenvalue weighted by Gasteiger charge is -2.17. The zero-order chi connectivity index (χ0) is 18.4. The monoisotopic (exact) mass is 355 g/mol. The van der Waals surface area contributed by atoms with Crippen LogP contribution < -0.4 is 10.1 Å². The van der Waals surface area contributed by atoms with E-state index >= 15 is 0 Å². The number of carbonyl (C=O) groups is 1. The van der Waals surface area contributed by atoms with Crippen molar-refractivity contribution < 1.29 is 27.1 Å². The number of rotatable bonds is 7. The van der Waals surface area contributed by atoms with E-state index in [1.807, 2.05) is 0 Å². The molecule has 2 aromatic carbocycles. The molecule has 1 N–H and O–H groups in total. The lowest BCUT2D eigenvalue weighted by molar-refractivity contribution is -0.115. The molecule has 0 radical (unpaired) electrons. The summed E-state index contributed by atoms with van der Waals surface area (Å²) in [5.41, 5.74) is -0.401. The molecule has 3 nitrogen and oxygen atoms in total. The van der Waals surface area contributed by atoms with Crippen molar-refractivity contribution in [1.82, 2.24) is 0 Å². The van der Waals surface area contributed by atoms with Gasteiger partial charge in [0.2, 0.25) is 5.91 Å². The van der Waals surface area contributed by atoms with Crippen molar-refractivity contribution in [2.45, 2.75) is 32.8 Å². The molecule has 0 atom stereocenters. The second-order valence-electron chi connectivity index (χ2n) is 5.20. The first-order valence-electron chi connectivity index (χ1n) is 7.63. The largest absolute Gasteiger partial charge is 0.488 e. The zero-order valence-electron chi connectivity index (χ0n) is 13.4. The Morgan fingerprint density at radius 3 is 2.28 bits per heavy atom. The van der Waals surface area contributed by atoms with E-state index in [0.717, 1.165) is 0 Å². The minimum absolute atomic E-state index is 0.0587. The van der Waals surface area contributed by atoms with E-state index in [9.17, 15) is 22.4 Å². The van der Waals surface area contributed by atoms with E-state index < -0.39 is 12.9 Å². The Balaban J connectivity index is 2.33. The van der Waals surface area contributed by atoms with Crippen LogP contribution in [0.1, 0.15) is 42.9 Å². The SMILES string of the molecule is CCC(=O)Nc1cccc(C(F)F)c1COc1ccccc1C(F)F.